The van der Waals surface area contributed by atoms with E-state index in [1.807, 2.05) is 53.4 Å². The van der Waals surface area contributed by atoms with Crippen molar-refractivity contribution in [3.8, 4) is 17.1 Å². The molecule has 2 aromatic carbocycles. The molecule has 2 heterocycles. The highest BCUT2D eigenvalue weighted by atomic mass is 16.5. The second kappa shape index (κ2) is 6.97. The number of likely N-dealkylation sites (tertiary alicyclic amines) is 1. The molecule has 128 valence electrons. The molecule has 0 atom stereocenters. The highest BCUT2D eigenvalue weighted by Gasteiger charge is 2.16. The number of nitrogens with one attached hydrogen (secondary N) is 1. The normalized spacial score (nSPS) is 14.6. The molecule has 0 bridgehead atoms. The lowest BCUT2D eigenvalue weighted by atomic mass is 10.1. The van der Waals surface area contributed by atoms with Crippen LogP contribution in [-0.4, -0.2) is 40.5 Å². The van der Waals surface area contributed by atoms with Crippen molar-refractivity contribution < 1.29 is 9.53 Å². The Bertz CT molecular complexity index is 831. The van der Waals surface area contributed by atoms with E-state index in [4.69, 9.17) is 4.74 Å². The molecule has 1 fully saturated rings. The van der Waals surface area contributed by atoms with Crippen LogP contribution in [0.2, 0.25) is 0 Å². The number of rotatable bonds is 4. The molecule has 0 radical (unpaired) electrons. The third kappa shape index (κ3) is 3.50. The molecule has 1 aliphatic heterocycles. The van der Waals surface area contributed by atoms with Gasteiger partial charge in [-0.05, 0) is 55.7 Å². The van der Waals surface area contributed by atoms with Crippen LogP contribution in [-0.2, 0) is 4.79 Å². The predicted molar refractivity (Wildman–Crippen MR) is 97.5 cm³/mol. The SMILES string of the molecule is O=C(COc1ccc(-c2nc3ccccc3[nH]2)cc1)N1CCCCC1. The van der Waals surface area contributed by atoms with Crippen molar-refractivity contribution in [1.82, 2.24) is 14.9 Å². The number of carbonyl (C=O) groups excluding carboxylic acids is 1. The third-order valence-electron chi connectivity index (χ3n) is 4.59. The lowest BCUT2D eigenvalue weighted by Gasteiger charge is -2.26. The van der Waals surface area contributed by atoms with Crippen LogP contribution in [0.15, 0.2) is 48.5 Å². The Balaban J connectivity index is 1.40. The molecule has 0 aliphatic carbocycles. The molecule has 1 amide bonds. The quantitative estimate of drug-likeness (QED) is 0.792. The van der Waals surface area contributed by atoms with E-state index in [0.717, 1.165) is 48.4 Å². The number of aromatic amines is 1. The first kappa shape index (κ1) is 15.7. The summed E-state index contributed by atoms with van der Waals surface area (Å²) >= 11 is 0. The van der Waals surface area contributed by atoms with E-state index in [9.17, 15) is 4.79 Å². The fourth-order valence-electron chi connectivity index (χ4n) is 3.18. The molecule has 1 N–H and O–H groups in total. The average molecular weight is 335 g/mol. The van der Waals surface area contributed by atoms with Crippen molar-refractivity contribution in [3.05, 3.63) is 48.5 Å². The van der Waals surface area contributed by atoms with Crippen molar-refractivity contribution in [1.29, 1.82) is 0 Å². The first-order valence-corrected chi connectivity index (χ1v) is 8.75. The molecule has 1 aromatic heterocycles. The summed E-state index contributed by atoms with van der Waals surface area (Å²) in [5.74, 6) is 1.60. The smallest absolute Gasteiger partial charge is 0.260 e. The second-order valence-electron chi connectivity index (χ2n) is 6.36. The fourth-order valence-corrected chi connectivity index (χ4v) is 3.18. The molecule has 3 aromatic rings. The van der Waals surface area contributed by atoms with E-state index < -0.39 is 0 Å². The molecular formula is C20H21N3O2. The summed E-state index contributed by atoms with van der Waals surface area (Å²) in [5, 5.41) is 0. The van der Waals surface area contributed by atoms with Gasteiger partial charge in [0.2, 0.25) is 0 Å². The zero-order valence-electron chi connectivity index (χ0n) is 14.1. The van der Waals surface area contributed by atoms with Gasteiger partial charge in [0.15, 0.2) is 6.61 Å². The number of benzene rings is 2. The zero-order chi connectivity index (χ0) is 17.1. The summed E-state index contributed by atoms with van der Waals surface area (Å²) in [5.41, 5.74) is 2.96. The molecule has 5 nitrogen and oxygen atoms in total. The van der Waals surface area contributed by atoms with Crippen LogP contribution in [0.3, 0.4) is 0 Å². The predicted octanol–water partition coefficient (Wildman–Crippen LogP) is 3.62. The monoisotopic (exact) mass is 335 g/mol. The molecule has 1 aliphatic rings. The number of aromatic nitrogens is 2. The van der Waals surface area contributed by atoms with Gasteiger partial charge in [-0.2, -0.15) is 0 Å². The summed E-state index contributed by atoms with van der Waals surface area (Å²) in [4.78, 5) is 21.9. The van der Waals surface area contributed by atoms with Crippen LogP contribution in [0, 0.1) is 0 Å². The van der Waals surface area contributed by atoms with E-state index in [-0.39, 0.29) is 12.5 Å². The molecule has 0 saturated carbocycles. The number of hydrogen-bond donors (Lipinski definition) is 1. The number of H-pyrrole nitrogens is 1. The average Bonchev–Trinajstić information content (AvgIpc) is 3.11. The van der Waals surface area contributed by atoms with E-state index in [0.29, 0.717) is 5.75 Å². The van der Waals surface area contributed by atoms with Crippen molar-refractivity contribution in [2.24, 2.45) is 0 Å². The maximum Gasteiger partial charge on any atom is 0.260 e. The molecule has 5 heteroatoms. The van der Waals surface area contributed by atoms with Gasteiger partial charge in [0.1, 0.15) is 11.6 Å². The van der Waals surface area contributed by atoms with Gasteiger partial charge in [0.05, 0.1) is 11.0 Å². The van der Waals surface area contributed by atoms with E-state index >= 15 is 0 Å². The Labute approximate surface area is 146 Å². The molecule has 0 spiro atoms. The number of para-hydroxylation sites is 2. The second-order valence-corrected chi connectivity index (χ2v) is 6.36. The first-order chi connectivity index (χ1) is 12.3. The van der Waals surface area contributed by atoms with Crippen LogP contribution >= 0.6 is 0 Å². The number of nitrogens with zero attached hydrogens (tertiary/aromatic N) is 2. The van der Waals surface area contributed by atoms with Crippen LogP contribution in [0.1, 0.15) is 19.3 Å². The molecule has 1 saturated heterocycles. The van der Waals surface area contributed by atoms with Gasteiger partial charge in [-0.1, -0.05) is 12.1 Å². The summed E-state index contributed by atoms with van der Waals surface area (Å²) in [6.07, 6.45) is 3.41. The standard InChI is InChI=1S/C20H21N3O2/c24-19(23-12-4-1-5-13-23)14-25-16-10-8-15(9-11-16)20-21-17-6-2-3-7-18(17)22-20/h2-3,6-11H,1,4-5,12-14H2,(H,21,22). The zero-order valence-corrected chi connectivity index (χ0v) is 14.1. The highest BCUT2D eigenvalue weighted by Crippen LogP contribution is 2.23. The van der Waals surface area contributed by atoms with Gasteiger partial charge in [0, 0.05) is 18.7 Å². The third-order valence-corrected chi connectivity index (χ3v) is 4.59. The Kier molecular flexibility index (Phi) is 4.37. The van der Waals surface area contributed by atoms with Crippen LogP contribution in [0.25, 0.3) is 22.4 Å². The maximum absolute atomic E-state index is 12.1. The van der Waals surface area contributed by atoms with Gasteiger partial charge < -0.3 is 14.6 Å². The minimum atomic E-state index is 0.0704. The Morgan fingerprint density at radius 1 is 1.04 bits per heavy atom. The Morgan fingerprint density at radius 2 is 1.80 bits per heavy atom. The number of amides is 1. The molecule has 4 rings (SSSR count). The highest BCUT2D eigenvalue weighted by molar-refractivity contribution is 5.79. The lowest BCUT2D eigenvalue weighted by molar-refractivity contribution is -0.134. The van der Waals surface area contributed by atoms with Crippen LogP contribution < -0.4 is 4.74 Å². The minimum Gasteiger partial charge on any atom is -0.484 e. The maximum atomic E-state index is 12.1. The number of fused-ring (bicyclic) bond motifs is 1. The fraction of sp³-hybridized carbons (Fsp3) is 0.300. The van der Waals surface area contributed by atoms with Gasteiger partial charge in [0.25, 0.3) is 5.91 Å². The summed E-state index contributed by atoms with van der Waals surface area (Å²) < 4.78 is 5.65. The topological polar surface area (TPSA) is 58.2 Å². The number of hydrogen-bond acceptors (Lipinski definition) is 3. The van der Waals surface area contributed by atoms with Gasteiger partial charge in [-0.25, -0.2) is 4.98 Å². The van der Waals surface area contributed by atoms with E-state index in [2.05, 4.69) is 9.97 Å². The molecule has 0 unspecified atom stereocenters. The van der Waals surface area contributed by atoms with E-state index in [1.54, 1.807) is 0 Å². The largest absolute Gasteiger partial charge is 0.484 e. The summed E-state index contributed by atoms with van der Waals surface area (Å²) in [6.45, 7) is 1.81. The first-order valence-electron chi connectivity index (χ1n) is 8.75. The Hall–Kier alpha value is -2.82. The van der Waals surface area contributed by atoms with Crippen molar-refractivity contribution >= 4 is 16.9 Å². The van der Waals surface area contributed by atoms with Gasteiger partial charge in [-0.15, -0.1) is 0 Å². The number of carbonyl (C=O) groups is 1. The van der Waals surface area contributed by atoms with Gasteiger partial charge >= 0.3 is 0 Å². The van der Waals surface area contributed by atoms with Crippen molar-refractivity contribution in [2.45, 2.75) is 19.3 Å². The van der Waals surface area contributed by atoms with Crippen molar-refractivity contribution in [3.63, 3.8) is 0 Å². The van der Waals surface area contributed by atoms with Crippen molar-refractivity contribution in [2.75, 3.05) is 19.7 Å². The van der Waals surface area contributed by atoms with Gasteiger partial charge in [-0.3, -0.25) is 4.79 Å². The molecule has 25 heavy (non-hydrogen) atoms. The molecular weight excluding hydrogens is 314 g/mol. The summed E-state index contributed by atoms with van der Waals surface area (Å²) in [7, 11) is 0. The van der Waals surface area contributed by atoms with Crippen LogP contribution in [0.4, 0.5) is 0 Å². The Morgan fingerprint density at radius 3 is 2.56 bits per heavy atom. The number of ether oxygens (including phenoxy) is 1. The number of piperidine rings is 1. The minimum absolute atomic E-state index is 0.0704. The van der Waals surface area contributed by atoms with E-state index in [1.165, 1.54) is 6.42 Å². The number of imidazole rings is 1. The lowest BCUT2D eigenvalue weighted by Crippen LogP contribution is -2.38. The summed E-state index contributed by atoms with van der Waals surface area (Å²) in [6, 6.07) is 15.6. The van der Waals surface area contributed by atoms with Crippen LogP contribution in [0.5, 0.6) is 5.75 Å².